The van der Waals surface area contributed by atoms with Crippen molar-refractivity contribution in [2.45, 2.75) is 71.6 Å². The van der Waals surface area contributed by atoms with Gasteiger partial charge in [0.05, 0.1) is 11.8 Å². The van der Waals surface area contributed by atoms with Gasteiger partial charge in [0.2, 0.25) is 0 Å². The van der Waals surface area contributed by atoms with Gasteiger partial charge >= 0.3 is 0 Å². The number of nitrogens with one attached hydrogen (secondary N) is 1. The Morgan fingerprint density at radius 3 is 3.00 bits per heavy atom. The van der Waals surface area contributed by atoms with Gasteiger partial charge in [-0.1, -0.05) is 33.6 Å². The van der Waals surface area contributed by atoms with Gasteiger partial charge in [-0.15, -0.1) is 0 Å². The molecular weight excluding hydrogens is 248 g/mol. The lowest BCUT2D eigenvalue weighted by Crippen LogP contribution is -2.25. The standard InChI is InChI=1S/C17H28N2O/c1-4-14-6-5-7-16(10-14)20-17-8-9-18-15(11-17)12-19-13(2)3/h8-9,11,13-14,16,19H,4-7,10,12H2,1-3H3. The van der Waals surface area contributed by atoms with Crippen molar-refractivity contribution < 1.29 is 4.74 Å². The molecule has 1 fully saturated rings. The summed E-state index contributed by atoms with van der Waals surface area (Å²) in [4.78, 5) is 4.39. The van der Waals surface area contributed by atoms with Crippen LogP contribution in [0.5, 0.6) is 5.75 Å². The maximum atomic E-state index is 6.17. The number of aromatic nitrogens is 1. The molecule has 0 spiro atoms. The number of ether oxygens (including phenoxy) is 1. The van der Waals surface area contributed by atoms with Crippen LogP contribution in [-0.4, -0.2) is 17.1 Å². The van der Waals surface area contributed by atoms with Crippen LogP contribution in [0.1, 0.15) is 58.6 Å². The number of nitrogens with zero attached hydrogens (tertiary/aromatic N) is 1. The van der Waals surface area contributed by atoms with Crippen LogP contribution in [0.15, 0.2) is 18.3 Å². The second kappa shape index (κ2) is 7.63. The fourth-order valence-corrected chi connectivity index (χ4v) is 2.85. The van der Waals surface area contributed by atoms with Crippen LogP contribution in [0.2, 0.25) is 0 Å². The van der Waals surface area contributed by atoms with Gasteiger partial charge in [0.1, 0.15) is 5.75 Å². The van der Waals surface area contributed by atoms with Crippen LogP contribution in [0, 0.1) is 5.92 Å². The Morgan fingerprint density at radius 2 is 2.25 bits per heavy atom. The van der Waals surface area contributed by atoms with E-state index in [2.05, 4.69) is 37.1 Å². The third-order valence-corrected chi connectivity index (χ3v) is 4.09. The molecule has 2 rings (SSSR count). The van der Waals surface area contributed by atoms with Crippen LogP contribution < -0.4 is 10.1 Å². The topological polar surface area (TPSA) is 34.1 Å². The normalized spacial score (nSPS) is 23.0. The molecule has 20 heavy (non-hydrogen) atoms. The van der Waals surface area contributed by atoms with Crippen molar-refractivity contribution in [3.8, 4) is 5.75 Å². The molecular formula is C17H28N2O. The van der Waals surface area contributed by atoms with Crippen molar-refractivity contribution in [3.63, 3.8) is 0 Å². The molecule has 1 aliphatic rings. The molecule has 0 bridgehead atoms. The van der Waals surface area contributed by atoms with Crippen molar-refractivity contribution in [1.82, 2.24) is 10.3 Å². The minimum atomic E-state index is 0.391. The van der Waals surface area contributed by atoms with Gasteiger partial charge in [0.25, 0.3) is 0 Å². The van der Waals surface area contributed by atoms with E-state index in [1.165, 1.54) is 32.1 Å². The second-order valence-corrected chi connectivity index (χ2v) is 6.20. The molecule has 2 unspecified atom stereocenters. The first-order valence-electron chi connectivity index (χ1n) is 8.02. The summed E-state index contributed by atoms with van der Waals surface area (Å²) >= 11 is 0. The first kappa shape index (κ1) is 15.3. The third-order valence-electron chi connectivity index (χ3n) is 4.09. The third kappa shape index (κ3) is 4.78. The highest BCUT2D eigenvalue weighted by molar-refractivity contribution is 5.23. The van der Waals surface area contributed by atoms with Crippen LogP contribution in [0.25, 0.3) is 0 Å². The zero-order valence-corrected chi connectivity index (χ0v) is 13.1. The first-order valence-corrected chi connectivity index (χ1v) is 8.02. The van der Waals surface area contributed by atoms with Crippen LogP contribution in [0.4, 0.5) is 0 Å². The first-order chi connectivity index (χ1) is 9.67. The van der Waals surface area contributed by atoms with Gasteiger partial charge in [-0.05, 0) is 31.2 Å². The van der Waals surface area contributed by atoms with Crippen molar-refractivity contribution in [1.29, 1.82) is 0 Å². The van der Waals surface area contributed by atoms with E-state index in [1.54, 1.807) is 0 Å². The molecule has 1 aliphatic carbocycles. The van der Waals surface area contributed by atoms with Gasteiger partial charge in [0.15, 0.2) is 0 Å². The lowest BCUT2D eigenvalue weighted by Gasteiger charge is -2.29. The van der Waals surface area contributed by atoms with Crippen molar-refractivity contribution in [2.24, 2.45) is 5.92 Å². The average molecular weight is 276 g/mol. The van der Waals surface area contributed by atoms with Crippen molar-refractivity contribution >= 4 is 0 Å². The van der Waals surface area contributed by atoms with Crippen molar-refractivity contribution in [3.05, 3.63) is 24.0 Å². The van der Waals surface area contributed by atoms with E-state index >= 15 is 0 Å². The van der Waals surface area contributed by atoms with Crippen molar-refractivity contribution in [2.75, 3.05) is 0 Å². The lowest BCUT2D eigenvalue weighted by atomic mass is 9.85. The molecule has 0 aromatic carbocycles. The molecule has 2 atom stereocenters. The largest absolute Gasteiger partial charge is 0.490 e. The van der Waals surface area contributed by atoms with Crippen LogP contribution >= 0.6 is 0 Å². The van der Waals surface area contributed by atoms with E-state index in [0.717, 1.165) is 23.9 Å². The van der Waals surface area contributed by atoms with Crippen LogP contribution in [0.3, 0.4) is 0 Å². The Hall–Kier alpha value is -1.09. The number of hydrogen-bond donors (Lipinski definition) is 1. The number of pyridine rings is 1. The summed E-state index contributed by atoms with van der Waals surface area (Å²) < 4.78 is 6.17. The molecule has 0 amide bonds. The summed E-state index contributed by atoms with van der Waals surface area (Å²) in [7, 11) is 0. The molecule has 112 valence electrons. The molecule has 0 saturated heterocycles. The Labute approximate surface area is 123 Å². The SMILES string of the molecule is CCC1CCCC(Oc2ccnc(CNC(C)C)c2)C1. The van der Waals surface area contributed by atoms with Gasteiger partial charge in [-0.25, -0.2) is 0 Å². The average Bonchev–Trinajstić information content (AvgIpc) is 2.46. The predicted molar refractivity (Wildman–Crippen MR) is 82.9 cm³/mol. The highest BCUT2D eigenvalue weighted by atomic mass is 16.5. The molecule has 0 radical (unpaired) electrons. The Bertz CT molecular complexity index is 406. The Balaban J connectivity index is 1.90. The van der Waals surface area contributed by atoms with E-state index in [0.29, 0.717) is 12.1 Å². The molecule has 3 heteroatoms. The highest BCUT2D eigenvalue weighted by Gasteiger charge is 2.22. The van der Waals surface area contributed by atoms with Gasteiger partial charge < -0.3 is 10.1 Å². The number of rotatable bonds is 6. The summed E-state index contributed by atoms with van der Waals surface area (Å²) in [6.45, 7) is 7.38. The fourth-order valence-electron chi connectivity index (χ4n) is 2.85. The lowest BCUT2D eigenvalue weighted by molar-refractivity contribution is 0.122. The summed E-state index contributed by atoms with van der Waals surface area (Å²) in [6, 6.07) is 4.53. The Morgan fingerprint density at radius 1 is 1.40 bits per heavy atom. The van der Waals surface area contributed by atoms with Crippen LogP contribution in [-0.2, 0) is 6.54 Å². The molecule has 1 N–H and O–H groups in total. The Kier molecular flexibility index (Phi) is 5.84. The molecule has 0 aliphatic heterocycles. The quantitative estimate of drug-likeness (QED) is 0.855. The van der Waals surface area contributed by atoms with E-state index < -0.39 is 0 Å². The zero-order chi connectivity index (χ0) is 14.4. The highest BCUT2D eigenvalue weighted by Crippen LogP contribution is 2.29. The molecule has 1 saturated carbocycles. The zero-order valence-electron chi connectivity index (χ0n) is 13.1. The summed E-state index contributed by atoms with van der Waals surface area (Å²) in [5, 5.41) is 3.39. The fraction of sp³-hybridized carbons (Fsp3) is 0.706. The predicted octanol–water partition coefficient (Wildman–Crippen LogP) is 3.93. The molecule has 3 nitrogen and oxygen atoms in total. The van der Waals surface area contributed by atoms with Gasteiger partial charge in [-0.2, -0.15) is 0 Å². The molecule has 1 heterocycles. The summed E-state index contributed by atoms with van der Waals surface area (Å²) in [5.74, 6) is 1.82. The minimum Gasteiger partial charge on any atom is -0.490 e. The van der Waals surface area contributed by atoms with E-state index in [4.69, 9.17) is 4.74 Å². The van der Waals surface area contributed by atoms with Gasteiger partial charge in [0, 0.05) is 24.8 Å². The summed E-state index contributed by atoms with van der Waals surface area (Å²) in [6.07, 6.45) is 8.59. The maximum absolute atomic E-state index is 6.17. The molecule has 1 aromatic heterocycles. The van der Waals surface area contributed by atoms with E-state index in [9.17, 15) is 0 Å². The maximum Gasteiger partial charge on any atom is 0.123 e. The van der Waals surface area contributed by atoms with Gasteiger partial charge in [-0.3, -0.25) is 4.98 Å². The second-order valence-electron chi connectivity index (χ2n) is 6.20. The minimum absolute atomic E-state index is 0.391. The smallest absolute Gasteiger partial charge is 0.123 e. The van der Waals surface area contributed by atoms with E-state index in [-0.39, 0.29) is 0 Å². The molecule has 1 aromatic rings. The number of hydrogen-bond acceptors (Lipinski definition) is 3. The monoisotopic (exact) mass is 276 g/mol. The van der Waals surface area contributed by atoms with E-state index in [1.807, 2.05) is 12.3 Å². The summed E-state index contributed by atoms with van der Waals surface area (Å²) in [5.41, 5.74) is 1.05.